The Morgan fingerprint density at radius 1 is 1.27 bits per heavy atom. The molecule has 2 rings (SSSR count). The average Bonchev–Trinajstić information content (AvgIpc) is 2.51. The molecule has 1 N–H and O–H groups in total. The van der Waals surface area contributed by atoms with Crippen LogP contribution in [0.4, 0.5) is 4.79 Å². The summed E-state index contributed by atoms with van der Waals surface area (Å²) in [6, 6.07) is 0. The van der Waals surface area contributed by atoms with E-state index in [-0.39, 0.29) is 11.5 Å². The number of rotatable bonds is 1. The second kappa shape index (κ2) is 4.42. The second-order valence-corrected chi connectivity index (χ2v) is 5.27. The molecule has 2 fully saturated rings. The van der Waals surface area contributed by atoms with Gasteiger partial charge in [-0.05, 0) is 18.8 Å². The van der Waals surface area contributed by atoms with Gasteiger partial charge in [0.15, 0.2) is 0 Å². The van der Waals surface area contributed by atoms with Crippen molar-refractivity contribution in [3.05, 3.63) is 0 Å². The van der Waals surface area contributed by atoms with Gasteiger partial charge in [0, 0.05) is 12.0 Å². The average molecular weight is 211 g/mol. The number of ether oxygens (including phenoxy) is 1. The third kappa shape index (κ3) is 2.44. The molecule has 0 aromatic rings. The van der Waals surface area contributed by atoms with Crippen LogP contribution in [0.2, 0.25) is 0 Å². The number of amides is 1. The van der Waals surface area contributed by atoms with Crippen molar-refractivity contribution in [3.8, 4) is 0 Å². The third-order valence-electron chi connectivity index (χ3n) is 4.01. The fourth-order valence-electron chi connectivity index (χ4n) is 2.85. The Morgan fingerprint density at radius 3 is 2.47 bits per heavy atom. The van der Waals surface area contributed by atoms with Crippen molar-refractivity contribution < 1.29 is 9.53 Å². The van der Waals surface area contributed by atoms with Crippen molar-refractivity contribution in [1.82, 2.24) is 5.32 Å². The Bertz CT molecular complexity index is 222. The molecule has 0 aromatic heterocycles. The highest BCUT2D eigenvalue weighted by Crippen LogP contribution is 2.38. The van der Waals surface area contributed by atoms with E-state index in [1.807, 2.05) is 0 Å². The van der Waals surface area contributed by atoms with E-state index in [0.29, 0.717) is 6.61 Å². The number of hydrogen-bond acceptors (Lipinski definition) is 2. The minimum atomic E-state index is -0.249. The molecule has 3 nitrogen and oxygen atoms in total. The highest BCUT2D eigenvalue weighted by molar-refractivity contribution is 5.68. The van der Waals surface area contributed by atoms with Gasteiger partial charge in [0.2, 0.25) is 0 Å². The van der Waals surface area contributed by atoms with E-state index in [2.05, 4.69) is 12.2 Å². The fraction of sp³-hybridized carbons (Fsp3) is 0.917. The van der Waals surface area contributed by atoms with Gasteiger partial charge in [-0.15, -0.1) is 0 Å². The van der Waals surface area contributed by atoms with Crippen LogP contribution in [-0.2, 0) is 4.74 Å². The molecule has 0 radical (unpaired) electrons. The van der Waals surface area contributed by atoms with Crippen LogP contribution in [0.25, 0.3) is 0 Å². The summed E-state index contributed by atoms with van der Waals surface area (Å²) in [5, 5.41) is 2.83. The van der Waals surface area contributed by atoms with Crippen molar-refractivity contribution in [2.24, 2.45) is 11.3 Å². The smallest absolute Gasteiger partial charge is 0.407 e. The quantitative estimate of drug-likeness (QED) is 0.677. The summed E-state index contributed by atoms with van der Waals surface area (Å²) in [6.45, 7) is 3.64. The van der Waals surface area contributed by atoms with Crippen LogP contribution in [0.1, 0.15) is 45.4 Å². The van der Waals surface area contributed by atoms with Gasteiger partial charge in [-0.3, -0.25) is 0 Å². The summed E-state index contributed by atoms with van der Waals surface area (Å²) in [6.07, 6.45) is 7.79. The molecule has 1 atom stereocenters. The van der Waals surface area contributed by atoms with Crippen LogP contribution in [0.15, 0.2) is 0 Å². The zero-order valence-corrected chi connectivity index (χ0v) is 9.55. The second-order valence-electron chi connectivity index (χ2n) is 5.27. The van der Waals surface area contributed by atoms with E-state index >= 15 is 0 Å². The lowest BCUT2D eigenvalue weighted by Crippen LogP contribution is -2.49. The maximum Gasteiger partial charge on any atom is 0.407 e. The molecule has 86 valence electrons. The Labute approximate surface area is 91.6 Å². The van der Waals surface area contributed by atoms with Crippen molar-refractivity contribution in [1.29, 1.82) is 0 Å². The van der Waals surface area contributed by atoms with Gasteiger partial charge < -0.3 is 10.1 Å². The Kier molecular flexibility index (Phi) is 3.17. The Hall–Kier alpha value is -0.730. The highest BCUT2D eigenvalue weighted by Gasteiger charge is 2.38. The number of alkyl carbamates (subject to hydrolysis) is 1. The largest absolute Gasteiger partial charge is 0.449 e. The van der Waals surface area contributed by atoms with E-state index in [1.165, 1.54) is 38.5 Å². The summed E-state index contributed by atoms with van der Waals surface area (Å²) >= 11 is 0. The summed E-state index contributed by atoms with van der Waals surface area (Å²) in [7, 11) is 0. The van der Waals surface area contributed by atoms with Gasteiger partial charge in [-0.1, -0.05) is 32.6 Å². The van der Waals surface area contributed by atoms with Crippen molar-refractivity contribution >= 4 is 6.09 Å². The standard InChI is InChI=1S/C12H21NO2/c1-12(8-13-11(14)15-9-12)10-6-4-2-3-5-7-10/h10H,2-9H2,1H3,(H,13,14). The molecule has 1 amide bonds. The maximum atomic E-state index is 11.0. The number of cyclic esters (lactones) is 1. The Balaban J connectivity index is 1.97. The lowest BCUT2D eigenvalue weighted by molar-refractivity contribution is 0.0190. The van der Waals surface area contributed by atoms with E-state index < -0.39 is 0 Å². The van der Waals surface area contributed by atoms with Gasteiger partial charge in [-0.2, -0.15) is 0 Å². The van der Waals surface area contributed by atoms with Crippen molar-refractivity contribution in [2.75, 3.05) is 13.2 Å². The van der Waals surface area contributed by atoms with Gasteiger partial charge in [0.25, 0.3) is 0 Å². The first kappa shape index (κ1) is 10.8. The minimum absolute atomic E-state index is 0.165. The van der Waals surface area contributed by atoms with Crippen LogP contribution in [0, 0.1) is 11.3 Å². The number of nitrogens with one attached hydrogen (secondary N) is 1. The molecule has 1 heterocycles. The summed E-state index contributed by atoms with van der Waals surface area (Å²) in [5.41, 5.74) is 0.165. The first-order chi connectivity index (χ1) is 7.21. The van der Waals surface area contributed by atoms with Gasteiger partial charge in [0.05, 0.1) is 0 Å². The molecule has 1 aliphatic heterocycles. The molecular formula is C12H21NO2. The highest BCUT2D eigenvalue weighted by atomic mass is 16.6. The first-order valence-electron chi connectivity index (χ1n) is 6.11. The summed E-state index contributed by atoms with van der Waals surface area (Å²) in [4.78, 5) is 11.0. The molecule has 1 saturated heterocycles. The van der Waals surface area contributed by atoms with Crippen LogP contribution in [-0.4, -0.2) is 19.2 Å². The van der Waals surface area contributed by atoms with Gasteiger partial charge >= 0.3 is 6.09 Å². The molecular weight excluding hydrogens is 190 g/mol. The van der Waals surface area contributed by atoms with Crippen LogP contribution in [0.5, 0.6) is 0 Å². The van der Waals surface area contributed by atoms with E-state index in [0.717, 1.165) is 12.5 Å². The predicted molar refractivity (Wildman–Crippen MR) is 58.6 cm³/mol. The van der Waals surface area contributed by atoms with Crippen molar-refractivity contribution in [2.45, 2.75) is 45.4 Å². The molecule has 1 unspecified atom stereocenters. The minimum Gasteiger partial charge on any atom is -0.449 e. The van der Waals surface area contributed by atoms with E-state index in [1.54, 1.807) is 0 Å². The monoisotopic (exact) mass is 211 g/mol. The fourth-order valence-corrected chi connectivity index (χ4v) is 2.85. The van der Waals surface area contributed by atoms with Gasteiger partial charge in [-0.25, -0.2) is 4.79 Å². The zero-order chi connectivity index (χ0) is 10.7. The molecule has 2 aliphatic rings. The third-order valence-corrected chi connectivity index (χ3v) is 4.01. The Morgan fingerprint density at radius 2 is 1.93 bits per heavy atom. The SMILES string of the molecule is CC1(C2CCCCCC2)CNC(=O)OC1. The van der Waals surface area contributed by atoms with Crippen LogP contribution >= 0.6 is 0 Å². The molecule has 1 aliphatic carbocycles. The molecule has 15 heavy (non-hydrogen) atoms. The maximum absolute atomic E-state index is 11.0. The van der Waals surface area contributed by atoms with E-state index in [9.17, 15) is 4.79 Å². The number of hydrogen-bond donors (Lipinski definition) is 1. The molecule has 3 heteroatoms. The van der Waals surface area contributed by atoms with Crippen molar-refractivity contribution in [3.63, 3.8) is 0 Å². The van der Waals surface area contributed by atoms with Gasteiger partial charge in [0.1, 0.15) is 6.61 Å². The van der Waals surface area contributed by atoms with Crippen LogP contribution in [0.3, 0.4) is 0 Å². The topological polar surface area (TPSA) is 38.3 Å². The predicted octanol–water partition coefficient (Wildman–Crippen LogP) is 2.70. The lowest BCUT2D eigenvalue weighted by atomic mass is 9.73. The van der Waals surface area contributed by atoms with E-state index in [4.69, 9.17) is 4.74 Å². The molecule has 0 spiro atoms. The number of carbonyl (C=O) groups is 1. The zero-order valence-electron chi connectivity index (χ0n) is 9.55. The molecule has 0 aromatic carbocycles. The van der Waals surface area contributed by atoms with Crippen LogP contribution < -0.4 is 5.32 Å². The molecule has 1 saturated carbocycles. The normalized spacial score (nSPS) is 34.1. The number of carbonyl (C=O) groups excluding carboxylic acids is 1. The lowest BCUT2D eigenvalue weighted by Gasteiger charge is -2.39. The molecule has 0 bridgehead atoms. The summed E-state index contributed by atoms with van der Waals surface area (Å²) < 4.78 is 5.14. The summed E-state index contributed by atoms with van der Waals surface area (Å²) in [5.74, 6) is 0.723. The first-order valence-corrected chi connectivity index (χ1v) is 6.11.